The topological polar surface area (TPSA) is 20.3 Å². The Labute approximate surface area is 155 Å². The monoisotopic (exact) mass is 369 g/mol. The average Bonchev–Trinajstić information content (AvgIpc) is 3.12. The summed E-state index contributed by atoms with van der Waals surface area (Å²) < 4.78 is 0.751. The number of hydrogen-bond donors (Lipinski definition) is 0. The van der Waals surface area contributed by atoms with Crippen molar-refractivity contribution in [3.05, 3.63) is 70.1 Å². The van der Waals surface area contributed by atoms with E-state index in [1.165, 1.54) is 22.3 Å². The van der Waals surface area contributed by atoms with Crippen molar-refractivity contribution < 1.29 is 4.79 Å². The van der Waals surface area contributed by atoms with Crippen molar-refractivity contribution in [2.75, 3.05) is 11.4 Å². The number of fused-ring (bicyclic) bond motifs is 1. The number of ketones is 1. The molecule has 0 aliphatic carbocycles. The Morgan fingerprint density at radius 1 is 1.04 bits per heavy atom. The van der Waals surface area contributed by atoms with Crippen LogP contribution in [0.3, 0.4) is 0 Å². The van der Waals surface area contributed by atoms with Gasteiger partial charge in [0.1, 0.15) is 0 Å². The summed E-state index contributed by atoms with van der Waals surface area (Å²) in [6.07, 6.45) is 0. The van der Waals surface area contributed by atoms with Gasteiger partial charge in [0.2, 0.25) is 0 Å². The second-order valence-corrected chi connectivity index (χ2v) is 8.36. The van der Waals surface area contributed by atoms with Crippen LogP contribution in [0.4, 0.5) is 5.69 Å². The average molecular weight is 370 g/mol. The Balaban J connectivity index is 1.77. The second kappa shape index (κ2) is 6.39. The first kappa shape index (κ1) is 15.9. The number of thioether (sulfide) groups is 2. The molecule has 24 heavy (non-hydrogen) atoms. The van der Waals surface area contributed by atoms with E-state index >= 15 is 0 Å². The first-order valence-corrected chi connectivity index (χ1v) is 9.84. The molecule has 1 saturated heterocycles. The summed E-state index contributed by atoms with van der Waals surface area (Å²) >= 11 is 8.69. The third-order valence-electron chi connectivity index (χ3n) is 4.18. The molecule has 4 rings (SSSR count). The number of rotatable bonds is 2. The Kier molecular flexibility index (Phi) is 4.24. The van der Waals surface area contributed by atoms with Crippen LogP contribution in [0.15, 0.2) is 69.4 Å². The molecule has 0 radical (unpaired) electrons. The molecule has 2 nitrogen and oxygen atoms in total. The van der Waals surface area contributed by atoms with Crippen LogP contribution < -0.4 is 4.90 Å². The van der Waals surface area contributed by atoms with Gasteiger partial charge in [0.05, 0.1) is 25.7 Å². The number of carbonyl (C=O) groups is 1. The Bertz CT molecular complexity index is 860. The maximum absolute atomic E-state index is 13.1. The highest BCUT2D eigenvalue weighted by Crippen LogP contribution is 2.52. The molecule has 0 N–H and O–H groups in total. The summed E-state index contributed by atoms with van der Waals surface area (Å²) in [6.45, 7) is 2.94. The number of para-hydroxylation sites is 1. The van der Waals surface area contributed by atoms with Crippen LogP contribution in [-0.4, -0.2) is 16.5 Å². The van der Waals surface area contributed by atoms with Gasteiger partial charge in [-0.05, 0) is 24.6 Å². The molecule has 0 amide bonds. The minimum Gasteiger partial charge on any atom is -0.334 e. The van der Waals surface area contributed by atoms with E-state index < -0.39 is 0 Å². The van der Waals surface area contributed by atoms with Gasteiger partial charge >= 0.3 is 0 Å². The number of benzene rings is 2. The summed E-state index contributed by atoms with van der Waals surface area (Å²) in [7, 11) is 0. The van der Waals surface area contributed by atoms with Crippen molar-refractivity contribution in [3.63, 3.8) is 0 Å². The van der Waals surface area contributed by atoms with Crippen molar-refractivity contribution >= 4 is 51.4 Å². The summed E-state index contributed by atoms with van der Waals surface area (Å²) in [5.41, 5.74) is 2.16. The maximum atomic E-state index is 13.1. The molecule has 0 aromatic heterocycles. The van der Waals surface area contributed by atoms with Gasteiger partial charge < -0.3 is 4.90 Å². The number of allylic oxidation sites excluding steroid dienone is 1. The van der Waals surface area contributed by atoms with Crippen molar-refractivity contribution in [1.29, 1.82) is 0 Å². The van der Waals surface area contributed by atoms with E-state index in [-0.39, 0.29) is 11.7 Å². The molecule has 0 bridgehead atoms. The standard InChI is InChI=1S/C19H15NOS3/c1-2-20-13-10-6-7-11-14(13)23-18(20)17-16(21)15(19(22)24-17)12-8-4-3-5-9-12/h3-11,15H,2H2,1H3/b18-17-. The predicted octanol–water partition coefficient (Wildman–Crippen LogP) is 5.21. The number of hydrogen-bond acceptors (Lipinski definition) is 5. The van der Waals surface area contributed by atoms with E-state index in [1.807, 2.05) is 42.5 Å². The molecule has 2 heterocycles. The SMILES string of the molecule is CCN1/C(=C2/SC(=S)C(c3ccccc3)C2=O)Sc2ccccc21. The molecule has 1 atom stereocenters. The molecule has 1 unspecified atom stereocenters. The number of carbonyl (C=O) groups excluding carboxylic acids is 1. The van der Waals surface area contributed by atoms with Crippen molar-refractivity contribution in [1.82, 2.24) is 0 Å². The van der Waals surface area contributed by atoms with Gasteiger partial charge in [-0.3, -0.25) is 4.79 Å². The Morgan fingerprint density at radius 3 is 2.50 bits per heavy atom. The van der Waals surface area contributed by atoms with Crippen LogP contribution >= 0.6 is 35.7 Å². The van der Waals surface area contributed by atoms with Gasteiger partial charge in [-0.15, -0.1) is 0 Å². The van der Waals surface area contributed by atoms with Gasteiger partial charge in [0.25, 0.3) is 0 Å². The predicted molar refractivity (Wildman–Crippen MR) is 107 cm³/mol. The molecule has 120 valence electrons. The minimum atomic E-state index is -0.309. The number of nitrogens with zero attached hydrogens (tertiary/aromatic N) is 1. The van der Waals surface area contributed by atoms with Gasteiger partial charge in [0, 0.05) is 11.4 Å². The van der Waals surface area contributed by atoms with E-state index in [1.54, 1.807) is 11.8 Å². The zero-order valence-corrected chi connectivity index (χ0v) is 15.5. The largest absolute Gasteiger partial charge is 0.334 e. The minimum absolute atomic E-state index is 0.130. The molecular formula is C19H15NOS3. The van der Waals surface area contributed by atoms with Gasteiger partial charge in [-0.2, -0.15) is 0 Å². The normalized spacial score (nSPS) is 23.0. The van der Waals surface area contributed by atoms with Crippen LogP contribution in [0.1, 0.15) is 18.4 Å². The molecule has 2 aromatic carbocycles. The third-order valence-corrected chi connectivity index (χ3v) is 7.01. The molecule has 2 aliphatic heterocycles. The van der Waals surface area contributed by atoms with E-state index in [0.717, 1.165) is 26.2 Å². The zero-order chi connectivity index (χ0) is 16.7. The lowest BCUT2D eigenvalue weighted by molar-refractivity contribution is -0.114. The summed E-state index contributed by atoms with van der Waals surface area (Å²) in [5.74, 6) is -0.179. The van der Waals surface area contributed by atoms with Crippen LogP contribution in [0.2, 0.25) is 0 Å². The van der Waals surface area contributed by atoms with Gasteiger partial charge in [-0.25, -0.2) is 0 Å². The highest BCUT2D eigenvalue weighted by Gasteiger charge is 2.41. The van der Waals surface area contributed by atoms with Crippen molar-refractivity contribution in [3.8, 4) is 0 Å². The highest BCUT2D eigenvalue weighted by molar-refractivity contribution is 8.27. The van der Waals surface area contributed by atoms with Crippen molar-refractivity contribution in [2.45, 2.75) is 17.7 Å². The van der Waals surface area contributed by atoms with Crippen LogP contribution in [0.25, 0.3) is 0 Å². The fourth-order valence-corrected chi connectivity index (χ4v) is 5.94. The third kappa shape index (κ3) is 2.51. The smallest absolute Gasteiger partial charge is 0.185 e. The first-order valence-electron chi connectivity index (χ1n) is 7.80. The quantitative estimate of drug-likeness (QED) is 0.533. The number of thiocarbonyl (C=S) groups is 1. The van der Waals surface area contributed by atoms with Crippen LogP contribution in [0, 0.1) is 0 Å². The lowest BCUT2D eigenvalue weighted by Crippen LogP contribution is -2.19. The number of Topliss-reactive ketones (excluding diaryl/α,β-unsaturated/α-hetero) is 1. The van der Waals surface area contributed by atoms with E-state index in [9.17, 15) is 4.79 Å². The number of anilines is 1. The molecule has 2 aliphatic rings. The molecule has 0 saturated carbocycles. The van der Waals surface area contributed by atoms with E-state index in [2.05, 4.69) is 24.0 Å². The lowest BCUT2D eigenvalue weighted by Gasteiger charge is -2.19. The maximum Gasteiger partial charge on any atom is 0.185 e. The summed E-state index contributed by atoms with van der Waals surface area (Å²) in [6, 6.07) is 18.1. The van der Waals surface area contributed by atoms with E-state index in [4.69, 9.17) is 12.2 Å². The van der Waals surface area contributed by atoms with Crippen LogP contribution in [-0.2, 0) is 4.79 Å². The molecule has 0 spiro atoms. The Morgan fingerprint density at radius 2 is 1.75 bits per heavy atom. The molecular weight excluding hydrogens is 354 g/mol. The Hall–Kier alpha value is -1.56. The van der Waals surface area contributed by atoms with E-state index in [0.29, 0.717) is 0 Å². The fourth-order valence-electron chi connectivity index (χ4n) is 3.05. The lowest BCUT2D eigenvalue weighted by atomic mass is 9.96. The van der Waals surface area contributed by atoms with Gasteiger partial charge in [-0.1, -0.05) is 78.2 Å². The first-order chi connectivity index (χ1) is 11.7. The summed E-state index contributed by atoms with van der Waals surface area (Å²) in [4.78, 5) is 17.3. The molecule has 2 aromatic rings. The van der Waals surface area contributed by atoms with Gasteiger partial charge in [0.15, 0.2) is 5.78 Å². The summed E-state index contributed by atoms with van der Waals surface area (Å²) in [5, 5.41) is 1.02. The fraction of sp³-hybridized carbons (Fsp3) is 0.158. The zero-order valence-electron chi connectivity index (χ0n) is 13.1. The van der Waals surface area contributed by atoms with Crippen LogP contribution in [0.5, 0.6) is 0 Å². The molecule has 5 heteroatoms. The second-order valence-electron chi connectivity index (χ2n) is 5.58. The molecule has 1 fully saturated rings. The highest BCUT2D eigenvalue weighted by atomic mass is 32.2. The van der Waals surface area contributed by atoms with Crippen molar-refractivity contribution in [2.24, 2.45) is 0 Å².